The third kappa shape index (κ3) is 2.41. The van der Waals surface area contributed by atoms with Crippen molar-refractivity contribution < 1.29 is 22.4 Å². The van der Waals surface area contributed by atoms with E-state index in [4.69, 9.17) is 0 Å². The van der Waals surface area contributed by atoms with Gasteiger partial charge < -0.3 is 0 Å². The van der Waals surface area contributed by atoms with Gasteiger partial charge in [0.15, 0.2) is 23.3 Å². The Morgan fingerprint density at radius 2 is 1.67 bits per heavy atom. The molecular formula is C9H5F4NO. The monoisotopic (exact) mass is 219 g/mol. The van der Waals surface area contributed by atoms with E-state index in [1.165, 1.54) is 0 Å². The predicted molar refractivity (Wildman–Crippen MR) is 43.0 cm³/mol. The molecule has 0 saturated carbocycles. The van der Waals surface area contributed by atoms with Crippen LogP contribution in [-0.4, -0.2) is 12.6 Å². The standard InChI is InChI=1S/C9H5F4NO/c10-6-3-7(11)9(13)5(8(6)12)1-2-14-4-15/h3H,1-2H2. The van der Waals surface area contributed by atoms with Gasteiger partial charge in [0.1, 0.15) is 0 Å². The SMILES string of the molecule is O=C=NCCc1c(F)c(F)cc(F)c1F. The number of nitrogens with zero attached hydrogens (tertiary/aromatic N) is 1. The van der Waals surface area contributed by atoms with Crippen LogP contribution in [0.3, 0.4) is 0 Å². The maximum absolute atomic E-state index is 12.9. The molecule has 0 aliphatic carbocycles. The second-order valence-electron chi connectivity index (χ2n) is 2.67. The van der Waals surface area contributed by atoms with E-state index in [9.17, 15) is 22.4 Å². The Labute approximate surface area is 82.2 Å². The number of hydrogen-bond acceptors (Lipinski definition) is 2. The van der Waals surface area contributed by atoms with Crippen molar-refractivity contribution in [3.8, 4) is 0 Å². The molecule has 1 aromatic carbocycles. The molecule has 0 fully saturated rings. The summed E-state index contributed by atoms with van der Waals surface area (Å²) in [6.45, 7) is -0.278. The number of halogens is 4. The maximum atomic E-state index is 12.9. The van der Waals surface area contributed by atoms with Crippen LogP contribution in [0.1, 0.15) is 5.56 Å². The first-order chi connectivity index (χ1) is 7.07. The van der Waals surface area contributed by atoms with Gasteiger partial charge in [0.05, 0.1) is 6.54 Å². The van der Waals surface area contributed by atoms with Gasteiger partial charge in [-0.3, -0.25) is 0 Å². The van der Waals surface area contributed by atoms with Crippen molar-refractivity contribution in [2.24, 2.45) is 4.99 Å². The van der Waals surface area contributed by atoms with Crippen molar-refractivity contribution in [2.75, 3.05) is 6.54 Å². The zero-order chi connectivity index (χ0) is 11.4. The number of rotatable bonds is 3. The van der Waals surface area contributed by atoms with Crippen molar-refractivity contribution in [2.45, 2.75) is 6.42 Å². The van der Waals surface area contributed by atoms with Crippen molar-refractivity contribution >= 4 is 6.08 Å². The molecule has 0 N–H and O–H groups in total. The third-order valence-electron chi connectivity index (χ3n) is 1.74. The molecule has 1 rings (SSSR count). The molecule has 0 atom stereocenters. The average Bonchev–Trinajstić information content (AvgIpc) is 2.20. The van der Waals surface area contributed by atoms with Gasteiger partial charge in [0.2, 0.25) is 6.08 Å². The molecule has 6 heteroatoms. The van der Waals surface area contributed by atoms with E-state index in [1.54, 1.807) is 0 Å². The van der Waals surface area contributed by atoms with Gasteiger partial charge in [-0.15, -0.1) is 0 Å². The van der Waals surface area contributed by atoms with Crippen LogP contribution in [0.4, 0.5) is 17.6 Å². The average molecular weight is 219 g/mol. The van der Waals surface area contributed by atoms with Gasteiger partial charge in [0, 0.05) is 11.6 Å². The topological polar surface area (TPSA) is 29.4 Å². The fourth-order valence-electron chi connectivity index (χ4n) is 1.06. The van der Waals surface area contributed by atoms with Crippen molar-refractivity contribution in [3.63, 3.8) is 0 Å². The number of isocyanates is 1. The molecule has 0 amide bonds. The number of carbonyl (C=O) groups excluding carboxylic acids is 1. The van der Waals surface area contributed by atoms with E-state index in [0.29, 0.717) is 0 Å². The first kappa shape index (κ1) is 11.4. The minimum atomic E-state index is -1.47. The molecule has 2 nitrogen and oxygen atoms in total. The van der Waals surface area contributed by atoms with Crippen LogP contribution >= 0.6 is 0 Å². The molecule has 15 heavy (non-hydrogen) atoms. The first-order valence-electron chi connectivity index (χ1n) is 3.93. The van der Waals surface area contributed by atoms with Crippen molar-refractivity contribution in [1.29, 1.82) is 0 Å². The van der Waals surface area contributed by atoms with E-state index in [1.807, 2.05) is 0 Å². The largest absolute Gasteiger partial charge is 0.234 e. The first-order valence-corrected chi connectivity index (χ1v) is 3.93. The highest BCUT2D eigenvalue weighted by molar-refractivity contribution is 5.33. The predicted octanol–water partition coefficient (Wildman–Crippen LogP) is 2.12. The number of benzene rings is 1. The van der Waals surface area contributed by atoms with Crippen LogP contribution in [0.25, 0.3) is 0 Å². The van der Waals surface area contributed by atoms with Gasteiger partial charge in [-0.1, -0.05) is 0 Å². The minimum Gasteiger partial charge on any atom is -0.211 e. The molecule has 0 radical (unpaired) electrons. The van der Waals surface area contributed by atoms with E-state index < -0.39 is 35.3 Å². The fourth-order valence-corrected chi connectivity index (χ4v) is 1.06. The highest BCUT2D eigenvalue weighted by atomic mass is 19.2. The summed E-state index contributed by atoms with van der Waals surface area (Å²) in [7, 11) is 0. The summed E-state index contributed by atoms with van der Waals surface area (Å²) in [5.74, 6) is -5.87. The van der Waals surface area contributed by atoms with Crippen LogP contribution in [-0.2, 0) is 11.2 Å². The van der Waals surface area contributed by atoms with Gasteiger partial charge in [0.25, 0.3) is 0 Å². The zero-order valence-corrected chi connectivity index (χ0v) is 7.36. The quantitative estimate of drug-likeness (QED) is 0.331. The molecule has 1 aromatic rings. The molecule has 80 valence electrons. The van der Waals surface area contributed by atoms with Crippen molar-refractivity contribution in [1.82, 2.24) is 0 Å². The lowest BCUT2D eigenvalue weighted by Crippen LogP contribution is -2.04. The molecule has 0 spiro atoms. The lowest BCUT2D eigenvalue weighted by atomic mass is 10.1. The van der Waals surface area contributed by atoms with E-state index in [0.717, 1.165) is 6.08 Å². The highest BCUT2D eigenvalue weighted by Gasteiger charge is 2.18. The maximum Gasteiger partial charge on any atom is 0.234 e. The van der Waals surface area contributed by atoms with Crippen LogP contribution in [0.5, 0.6) is 0 Å². The third-order valence-corrected chi connectivity index (χ3v) is 1.74. The summed E-state index contributed by atoms with van der Waals surface area (Å²) in [5.41, 5.74) is -0.758. The Kier molecular flexibility index (Phi) is 3.57. The molecule has 0 heterocycles. The normalized spacial score (nSPS) is 9.87. The van der Waals surface area contributed by atoms with Gasteiger partial charge in [-0.05, 0) is 6.42 Å². The Morgan fingerprint density at radius 3 is 2.13 bits per heavy atom. The highest BCUT2D eigenvalue weighted by Crippen LogP contribution is 2.19. The van der Waals surface area contributed by atoms with Crippen LogP contribution < -0.4 is 0 Å². The van der Waals surface area contributed by atoms with Crippen molar-refractivity contribution in [3.05, 3.63) is 34.9 Å². The molecule has 0 bridgehead atoms. The summed E-state index contributed by atoms with van der Waals surface area (Å²) < 4.78 is 51.2. The zero-order valence-electron chi connectivity index (χ0n) is 7.36. The lowest BCUT2D eigenvalue weighted by molar-refractivity contribution is 0.439. The van der Waals surface area contributed by atoms with Crippen LogP contribution in [0.2, 0.25) is 0 Å². The Hall–Kier alpha value is -1.68. The Balaban J connectivity index is 3.09. The Morgan fingerprint density at radius 1 is 1.13 bits per heavy atom. The smallest absolute Gasteiger partial charge is 0.211 e. The molecule has 0 saturated heterocycles. The molecular weight excluding hydrogens is 214 g/mol. The van der Waals surface area contributed by atoms with Crippen LogP contribution in [0.15, 0.2) is 11.1 Å². The Bertz CT molecular complexity index is 400. The second kappa shape index (κ2) is 4.70. The van der Waals surface area contributed by atoms with E-state index >= 15 is 0 Å². The molecule has 0 aliphatic rings. The van der Waals surface area contributed by atoms with Gasteiger partial charge >= 0.3 is 0 Å². The van der Waals surface area contributed by atoms with Gasteiger partial charge in [-0.2, -0.15) is 0 Å². The molecule has 0 unspecified atom stereocenters. The van der Waals surface area contributed by atoms with Crippen LogP contribution in [0, 0.1) is 23.3 Å². The number of aliphatic imine (C=N–C) groups is 1. The van der Waals surface area contributed by atoms with E-state index in [2.05, 4.69) is 4.99 Å². The fraction of sp³-hybridized carbons (Fsp3) is 0.222. The summed E-state index contributed by atoms with van der Waals surface area (Å²) in [6.07, 6.45) is 0.747. The summed E-state index contributed by atoms with van der Waals surface area (Å²) in [5, 5.41) is 0. The summed E-state index contributed by atoms with van der Waals surface area (Å²) in [6, 6.07) is 0.122. The van der Waals surface area contributed by atoms with Gasteiger partial charge in [-0.25, -0.2) is 27.3 Å². The summed E-state index contributed by atoms with van der Waals surface area (Å²) >= 11 is 0. The second-order valence-corrected chi connectivity index (χ2v) is 2.67. The molecule has 0 aliphatic heterocycles. The minimum absolute atomic E-state index is 0.122. The molecule has 0 aromatic heterocycles. The number of hydrogen-bond donors (Lipinski definition) is 0. The summed E-state index contributed by atoms with van der Waals surface area (Å²) in [4.78, 5) is 12.7. The lowest BCUT2D eigenvalue weighted by Gasteiger charge is -2.04. The van der Waals surface area contributed by atoms with E-state index in [-0.39, 0.29) is 12.6 Å².